The number of hydrogen-bond acceptors (Lipinski definition) is 5. The van der Waals surface area contributed by atoms with Crippen LogP contribution in [0.2, 0.25) is 0 Å². The number of carbonyl (C=O) groups excluding carboxylic acids is 1. The minimum atomic E-state index is -0.158. The number of nitrogens with zero attached hydrogens (tertiary/aromatic N) is 4. The molecule has 0 saturated carbocycles. The number of nitrogens with one attached hydrogen (secondary N) is 1. The minimum absolute atomic E-state index is 0.0348. The highest BCUT2D eigenvalue weighted by molar-refractivity contribution is 9.10. The van der Waals surface area contributed by atoms with E-state index in [9.17, 15) is 4.79 Å². The van der Waals surface area contributed by atoms with E-state index in [-0.39, 0.29) is 18.5 Å². The van der Waals surface area contributed by atoms with Crippen LogP contribution in [0.5, 0.6) is 0 Å². The topological polar surface area (TPSA) is 85.8 Å². The van der Waals surface area contributed by atoms with Gasteiger partial charge < -0.3 is 9.73 Å². The van der Waals surface area contributed by atoms with Crippen LogP contribution in [0.3, 0.4) is 0 Å². The van der Waals surface area contributed by atoms with E-state index >= 15 is 0 Å². The van der Waals surface area contributed by atoms with Gasteiger partial charge in [0.1, 0.15) is 6.54 Å². The van der Waals surface area contributed by atoms with Crippen molar-refractivity contribution in [3.8, 4) is 11.6 Å². The van der Waals surface area contributed by atoms with E-state index in [4.69, 9.17) is 4.42 Å². The van der Waals surface area contributed by atoms with Crippen LogP contribution in [0.15, 0.2) is 21.2 Å². The SMILES string of the molecule is CC(C)NC(=O)Cn1nnc(-c2ccc(Br)o2)n1. The Kier molecular flexibility index (Phi) is 3.75. The van der Waals surface area contributed by atoms with Crippen LogP contribution in [-0.4, -0.2) is 32.2 Å². The van der Waals surface area contributed by atoms with Crippen LogP contribution in [0.4, 0.5) is 0 Å². The van der Waals surface area contributed by atoms with Gasteiger partial charge in [0, 0.05) is 6.04 Å². The van der Waals surface area contributed by atoms with Crippen LogP contribution in [0, 0.1) is 0 Å². The lowest BCUT2D eigenvalue weighted by molar-refractivity contribution is -0.122. The predicted molar refractivity (Wildman–Crippen MR) is 66.5 cm³/mol. The first kappa shape index (κ1) is 12.7. The van der Waals surface area contributed by atoms with Gasteiger partial charge in [0.2, 0.25) is 11.7 Å². The summed E-state index contributed by atoms with van der Waals surface area (Å²) in [5, 5.41) is 14.4. The maximum absolute atomic E-state index is 11.5. The van der Waals surface area contributed by atoms with E-state index in [1.54, 1.807) is 12.1 Å². The summed E-state index contributed by atoms with van der Waals surface area (Å²) in [6.07, 6.45) is 0. The van der Waals surface area contributed by atoms with Crippen LogP contribution >= 0.6 is 15.9 Å². The first-order valence-electron chi connectivity index (χ1n) is 5.37. The quantitative estimate of drug-likeness (QED) is 0.917. The fraction of sp³-hybridized carbons (Fsp3) is 0.400. The van der Waals surface area contributed by atoms with Crippen molar-refractivity contribution < 1.29 is 9.21 Å². The number of amides is 1. The number of aromatic nitrogens is 4. The fourth-order valence-electron chi connectivity index (χ4n) is 1.34. The van der Waals surface area contributed by atoms with Gasteiger partial charge in [0.15, 0.2) is 10.4 Å². The summed E-state index contributed by atoms with van der Waals surface area (Å²) in [6, 6.07) is 3.54. The summed E-state index contributed by atoms with van der Waals surface area (Å²) in [6.45, 7) is 3.81. The molecule has 2 aromatic heterocycles. The van der Waals surface area contributed by atoms with Crippen molar-refractivity contribution in [2.75, 3.05) is 0 Å². The number of halogens is 1. The molecule has 0 saturated heterocycles. The van der Waals surface area contributed by atoms with E-state index in [2.05, 4.69) is 36.7 Å². The highest BCUT2D eigenvalue weighted by Gasteiger charge is 2.12. The summed E-state index contributed by atoms with van der Waals surface area (Å²) in [4.78, 5) is 12.7. The second-order valence-corrected chi connectivity index (χ2v) is 4.75. The third-order valence-corrected chi connectivity index (χ3v) is 2.41. The van der Waals surface area contributed by atoms with E-state index in [0.29, 0.717) is 16.3 Å². The molecule has 0 radical (unpaired) electrons. The normalized spacial score (nSPS) is 10.9. The number of furan rings is 1. The van der Waals surface area contributed by atoms with Gasteiger partial charge in [-0.25, -0.2) is 0 Å². The van der Waals surface area contributed by atoms with Crippen molar-refractivity contribution in [3.63, 3.8) is 0 Å². The largest absolute Gasteiger partial charge is 0.446 e. The van der Waals surface area contributed by atoms with E-state index < -0.39 is 0 Å². The van der Waals surface area contributed by atoms with Crippen molar-refractivity contribution in [3.05, 3.63) is 16.8 Å². The number of carbonyl (C=O) groups is 1. The van der Waals surface area contributed by atoms with Crippen molar-refractivity contribution in [2.45, 2.75) is 26.4 Å². The molecule has 0 aliphatic rings. The van der Waals surface area contributed by atoms with Crippen molar-refractivity contribution in [1.29, 1.82) is 0 Å². The summed E-state index contributed by atoms with van der Waals surface area (Å²) in [5.41, 5.74) is 0. The Morgan fingerprint density at radius 3 is 2.94 bits per heavy atom. The van der Waals surface area contributed by atoms with Crippen LogP contribution in [0.1, 0.15) is 13.8 Å². The first-order valence-corrected chi connectivity index (χ1v) is 6.17. The maximum Gasteiger partial charge on any atom is 0.243 e. The average molecular weight is 314 g/mol. The van der Waals surface area contributed by atoms with Gasteiger partial charge >= 0.3 is 0 Å². The zero-order valence-corrected chi connectivity index (χ0v) is 11.5. The summed E-state index contributed by atoms with van der Waals surface area (Å²) >= 11 is 3.19. The molecular weight excluding hydrogens is 302 g/mol. The summed E-state index contributed by atoms with van der Waals surface area (Å²) in [7, 11) is 0. The van der Waals surface area contributed by atoms with Gasteiger partial charge in [-0.2, -0.15) is 4.80 Å². The minimum Gasteiger partial charge on any atom is -0.446 e. The van der Waals surface area contributed by atoms with E-state index in [1.165, 1.54) is 4.80 Å². The Bertz CT molecular complexity index is 548. The van der Waals surface area contributed by atoms with Gasteiger partial charge in [0.05, 0.1) is 0 Å². The van der Waals surface area contributed by atoms with Crippen LogP contribution < -0.4 is 5.32 Å². The molecule has 0 aliphatic carbocycles. The molecule has 8 heteroatoms. The zero-order valence-electron chi connectivity index (χ0n) is 9.92. The third kappa shape index (κ3) is 3.16. The second kappa shape index (κ2) is 5.30. The molecule has 0 fully saturated rings. The molecule has 0 spiro atoms. The Morgan fingerprint density at radius 2 is 2.33 bits per heavy atom. The molecule has 0 unspecified atom stereocenters. The Labute approximate surface area is 112 Å². The lowest BCUT2D eigenvalue weighted by Gasteiger charge is -2.06. The molecule has 0 aliphatic heterocycles. The van der Waals surface area contributed by atoms with Gasteiger partial charge in [-0.3, -0.25) is 4.79 Å². The molecule has 2 heterocycles. The van der Waals surface area contributed by atoms with Gasteiger partial charge in [0.25, 0.3) is 0 Å². The number of hydrogen-bond donors (Lipinski definition) is 1. The Morgan fingerprint density at radius 1 is 1.56 bits per heavy atom. The molecule has 1 N–H and O–H groups in total. The third-order valence-electron chi connectivity index (χ3n) is 1.98. The predicted octanol–water partition coefficient (Wildman–Crippen LogP) is 1.22. The fourth-order valence-corrected chi connectivity index (χ4v) is 1.65. The van der Waals surface area contributed by atoms with Crippen molar-refractivity contribution in [2.24, 2.45) is 0 Å². The first-order chi connectivity index (χ1) is 8.54. The maximum atomic E-state index is 11.5. The summed E-state index contributed by atoms with van der Waals surface area (Å²) < 4.78 is 5.88. The molecule has 2 rings (SSSR count). The second-order valence-electron chi connectivity index (χ2n) is 3.97. The smallest absolute Gasteiger partial charge is 0.243 e. The van der Waals surface area contributed by atoms with Crippen molar-refractivity contribution in [1.82, 2.24) is 25.5 Å². The highest BCUT2D eigenvalue weighted by Crippen LogP contribution is 2.20. The lowest BCUT2D eigenvalue weighted by atomic mass is 10.4. The Balaban J connectivity index is 2.04. The molecule has 0 bridgehead atoms. The van der Waals surface area contributed by atoms with Crippen molar-refractivity contribution >= 4 is 21.8 Å². The van der Waals surface area contributed by atoms with Gasteiger partial charge in [-0.05, 0) is 47.1 Å². The average Bonchev–Trinajstić information content (AvgIpc) is 2.85. The van der Waals surface area contributed by atoms with Crippen LogP contribution in [0.25, 0.3) is 11.6 Å². The zero-order chi connectivity index (χ0) is 13.1. The molecule has 0 aromatic carbocycles. The van der Waals surface area contributed by atoms with E-state index in [1.807, 2.05) is 13.8 Å². The highest BCUT2D eigenvalue weighted by atomic mass is 79.9. The van der Waals surface area contributed by atoms with Gasteiger partial charge in [-0.1, -0.05) is 0 Å². The number of tetrazole rings is 1. The molecule has 96 valence electrons. The molecular formula is C10H12BrN5O2. The monoisotopic (exact) mass is 313 g/mol. The summed E-state index contributed by atoms with van der Waals surface area (Å²) in [5.74, 6) is 0.685. The Hall–Kier alpha value is -1.70. The standard InChI is InChI=1S/C10H12BrN5O2/c1-6(2)12-9(17)5-16-14-10(13-15-16)7-3-4-8(11)18-7/h3-4,6H,5H2,1-2H3,(H,12,17). The molecule has 0 atom stereocenters. The molecule has 2 aromatic rings. The van der Waals surface area contributed by atoms with Crippen LogP contribution in [-0.2, 0) is 11.3 Å². The lowest BCUT2D eigenvalue weighted by Crippen LogP contribution is -2.33. The molecule has 18 heavy (non-hydrogen) atoms. The van der Waals surface area contributed by atoms with Gasteiger partial charge in [-0.15, -0.1) is 10.2 Å². The number of rotatable bonds is 4. The van der Waals surface area contributed by atoms with E-state index in [0.717, 1.165) is 0 Å². The molecule has 7 nitrogen and oxygen atoms in total. The molecule has 1 amide bonds.